The fourth-order valence-corrected chi connectivity index (χ4v) is 5.13. The van der Waals surface area contributed by atoms with Gasteiger partial charge in [0.1, 0.15) is 5.65 Å². The summed E-state index contributed by atoms with van der Waals surface area (Å²) in [6.45, 7) is 6.54. The number of halogens is 2. The van der Waals surface area contributed by atoms with E-state index in [1.807, 2.05) is 0 Å². The highest BCUT2D eigenvalue weighted by molar-refractivity contribution is 5.94. The van der Waals surface area contributed by atoms with Crippen LogP contribution in [0.3, 0.4) is 0 Å². The van der Waals surface area contributed by atoms with E-state index in [0.29, 0.717) is 0 Å². The normalized spacial score (nSPS) is 22.5. The number of benzene rings is 1. The molecular formula is C26H34F2N6O. The Labute approximate surface area is 204 Å². The molecule has 188 valence electrons. The summed E-state index contributed by atoms with van der Waals surface area (Å²) in [6.07, 6.45) is 4.31. The van der Waals surface area contributed by atoms with Crippen LogP contribution < -0.4 is 10.6 Å². The van der Waals surface area contributed by atoms with Gasteiger partial charge in [0.2, 0.25) is 5.95 Å². The van der Waals surface area contributed by atoms with Gasteiger partial charge in [0.05, 0.1) is 12.1 Å². The second-order valence-electron chi connectivity index (χ2n) is 9.83. The van der Waals surface area contributed by atoms with Gasteiger partial charge in [0.15, 0.2) is 0 Å². The first-order chi connectivity index (χ1) is 17.0. The molecule has 0 spiro atoms. The van der Waals surface area contributed by atoms with Gasteiger partial charge in [0.25, 0.3) is 6.43 Å². The highest BCUT2D eigenvalue weighted by Crippen LogP contribution is 2.37. The van der Waals surface area contributed by atoms with Gasteiger partial charge in [-0.25, -0.2) is 13.8 Å². The number of rotatable bonds is 7. The van der Waals surface area contributed by atoms with Crippen molar-refractivity contribution in [1.82, 2.24) is 24.8 Å². The number of hydrogen-bond acceptors (Lipinski definition) is 6. The van der Waals surface area contributed by atoms with E-state index in [-0.39, 0.29) is 18.1 Å². The third-order valence-corrected chi connectivity index (χ3v) is 7.25. The van der Waals surface area contributed by atoms with Crippen LogP contribution in [0.5, 0.6) is 0 Å². The summed E-state index contributed by atoms with van der Waals surface area (Å²) in [5, 5.41) is 17.0. The number of nitrogens with one attached hydrogen (secondary N) is 2. The first-order valence-corrected chi connectivity index (χ1v) is 12.6. The van der Waals surface area contributed by atoms with Crippen LogP contribution in [0.25, 0.3) is 22.2 Å². The molecule has 3 aromatic rings. The van der Waals surface area contributed by atoms with Crippen LogP contribution in [0.4, 0.5) is 14.7 Å². The SMILES string of the molecule is C[C@H](Nc1ncc2c(-c3ccc(CN4CCNCC4)cc3)cn([C@H]3CC[C@H](O)CC3)c2n1)C(F)F. The van der Waals surface area contributed by atoms with E-state index >= 15 is 0 Å². The van der Waals surface area contributed by atoms with E-state index in [9.17, 15) is 13.9 Å². The molecule has 1 aliphatic heterocycles. The molecule has 9 heteroatoms. The van der Waals surface area contributed by atoms with E-state index < -0.39 is 12.5 Å². The number of anilines is 1. The predicted octanol–water partition coefficient (Wildman–Crippen LogP) is 4.05. The Hall–Kier alpha value is -2.62. The van der Waals surface area contributed by atoms with Gasteiger partial charge in [-0.15, -0.1) is 0 Å². The number of fused-ring (bicyclic) bond motifs is 1. The fourth-order valence-electron chi connectivity index (χ4n) is 5.13. The molecule has 0 bridgehead atoms. The summed E-state index contributed by atoms with van der Waals surface area (Å²) >= 11 is 0. The molecule has 1 saturated heterocycles. The standard InChI is InChI=1S/C26H34F2N6O/c1-17(24(27)28)31-26-30-14-22-23(16-34(25(22)32-26)20-6-8-21(35)9-7-20)19-4-2-18(3-5-19)15-33-12-10-29-11-13-33/h2-5,14,16-17,20-21,24,29,35H,6-13,15H2,1H3,(H,30,31,32)/t17-,20-,21-/m0/s1. The number of alkyl halides is 2. The van der Waals surface area contributed by atoms with Crippen molar-refractivity contribution in [3.8, 4) is 11.1 Å². The van der Waals surface area contributed by atoms with E-state index in [4.69, 9.17) is 0 Å². The number of piperazine rings is 1. The molecule has 2 aliphatic rings. The van der Waals surface area contributed by atoms with Crippen molar-refractivity contribution < 1.29 is 13.9 Å². The Morgan fingerprint density at radius 2 is 1.83 bits per heavy atom. The number of nitrogens with zero attached hydrogens (tertiary/aromatic N) is 4. The zero-order chi connectivity index (χ0) is 24.4. The molecule has 3 N–H and O–H groups in total. The van der Waals surface area contributed by atoms with E-state index in [0.717, 1.165) is 80.6 Å². The number of hydrogen-bond donors (Lipinski definition) is 3. The van der Waals surface area contributed by atoms with Crippen LogP contribution >= 0.6 is 0 Å². The summed E-state index contributed by atoms with van der Waals surface area (Å²) in [4.78, 5) is 11.5. The van der Waals surface area contributed by atoms with Crippen LogP contribution in [-0.2, 0) is 6.54 Å². The van der Waals surface area contributed by atoms with E-state index in [1.54, 1.807) is 6.20 Å². The smallest absolute Gasteiger partial charge is 0.258 e. The summed E-state index contributed by atoms with van der Waals surface area (Å²) < 4.78 is 28.3. The highest BCUT2D eigenvalue weighted by atomic mass is 19.3. The number of aromatic nitrogens is 3. The Bertz CT molecular complexity index is 1120. The molecule has 1 aliphatic carbocycles. The van der Waals surface area contributed by atoms with Crippen molar-refractivity contribution >= 4 is 17.0 Å². The maximum Gasteiger partial charge on any atom is 0.258 e. The molecule has 0 unspecified atom stereocenters. The maximum atomic E-state index is 13.1. The van der Waals surface area contributed by atoms with E-state index in [2.05, 4.69) is 60.5 Å². The number of aliphatic hydroxyl groups excluding tert-OH is 1. The molecule has 35 heavy (non-hydrogen) atoms. The molecule has 7 nitrogen and oxygen atoms in total. The molecule has 1 aromatic carbocycles. The Balaban J connectivity index is 1.46. The molecule has 2 fully saturated rings. The topological polar surface area (TPSA) is 78.2 Å². The summed E-state index contributed by atoms with van der Waals surface area (Å²) in [7, 11) is 0. The Morgan fingerprint density at radius 3 is 2.51 bits per heavy atom. The van der Waals surface area contributed by atoms with Crippen molar-refractivity contribution in [2.24, 2.45) is 0 Å². The Kier molecular flexibility index (Phi) is 7.27. The summed E-state index contributed by atoms with van der Waals surface area (Å²) in [5.41, 5.74) is 4.14. The second kappa shape index (κ2) is 10.6. The van der Waals surface area contributed by atoms with Crippen molar-refractivity contribution in [3.05, 3.63) is 42.2 Å². The lowest BCUT2D eigenvalue weighted by Crippen LogP contribution is -2.42. The molecule has 0 radical (unpaired) electrons. The first-order valence-electron chi connectivity index (χ1n) is 12.6. The average Bonchev–Trinajstić information content (AvgIpc) is 3.24. The molecule has 1 atom stereocenters. The first kappa shape index (κ1) is 24.1. The molecule has 1 saturated carbocycles. The molecule has 0 amide bonds. The monoisotopic (exact) mass is 484 g/mol. The molecule has 5 rings (SSSR count). The van der Waals surface area contributed by atoms with Crippen molar-refractivity contribution in [2.75, 3.05) is 31.5 Å². The molecule has 3 heterocycles. The molecular weight excluding hydrogens is 450 g/mol. The summed E-state index contributed by atoms with van der Waals surface area (Å²) in [5.74, 6) is 0.207. The van der Waals surface area contributed by atoms with Gasteiger partial charge in [0, 0.05) is 62.1 Å². The third-order valence-electron chi connectivity index (χ3n) is 7.25. The predicted molar refractivity (Wildman–Crippen MR) is 134 cm³/mol. The van der Waals surface area contributed by atoms with Crippen LogP contribution in [0.15, 0.2) is 36.7 Å². The van der Waals surface area contributed by atoms with Gasteiger partial charge < -0.3 is 20.3 Å². The van der Waals surface area contributed by atoms with Crippen LogP contribution in [0, 0.1) is 0 Å². The zero-order valence-corrected chi connectivity index (χ0v) is 20.1. The third kappa shape index (κ3) is 5.47. The van der Waals surface area contributed by atoms with Crippen molar-refractivity contribution in [1.29, 1.82) is 0 Å². The maximum absolute atomic E-state index is 13.1. The largest absolute Gasteiger partial charge is 0.393 e. The van der Waals surface area contributed by atoms with Crippen LogP contribution in [0.2, 0.25) is 0 Å². The minimum Gasteiger partial charge on any atom is -0.393 e. The average molecular weight is 485 g/mol. The second-order valence-corrected chi connectivity index (χ2v) is 9.83. The highest BCUT2D eigenvalue weighted by Gasteiger charge is 2.25. The molecule has 2 aromatic heterocycles. The lowest BCUT2D eigenvalue weighted by Gasteiger charge is -2.27. The van der Waals surface area contributed by atoms with Crippen LogP contribution in [0.1, 0.15) is 44.2 Å². The fraction of sp³-hybridized carbons (Fsp3) is 0.538. The quantitative estimate of drug-likeness (QED) is 0.470. The lowest BCUT2D eigenvalue weighted by molar-refractivity contribution is 0.111. The number of aliphatic hydroxyl groups is 1. The van der Waals surface area contributed by atoms with Gasteiger partial charge in [-0.2, -0.15) is 4.98 Å². The van der Waals surface area contributed by atoms with Crippen LogP contribution in [-0.4, -0.2) is 69.3 Å². The minimum atomic E-state index is -2.50. The van der Waals surface area contributed by atoms with E-state index in [1.165, 1.54) is 12.5 Å². The lowest BCUT2D eigenvalue weighted by atomic mass is 9.93. The minimum absolute atomic E-state index is 0.205. The van der Waals surface area contributed by atoms with Gasteiger partial charge in [-0.3, -0.25) is 4.90 Å². The summed E-state index contributed by atoms with van der Waals surface area (Å²) in [6, 6.07) is 7.82. The van der Waals surface area contributed by atoms with Crippen molar-refractivity contribution in [2.45, 2.75) is 63.8 Å². The Morgan fingerprint density at radius 1 is 1.11 bits per heavy atom. The van der Waals surface area contributed by atoms with Gasteiger partial charge in [-0.1, -0.05) is 24.3 Å². The van der Waals surface area contributed by atoms with Crippen molar-refractivity contribution in [3.63, 3.8) is 0 Å². The zero-order valence-electron chi connectivity index (χ0n) is 20.1. The van der Waals surface area contributed by atoms with Gasteiger partial charge >= 0.3 is 0 Å². The van der Waals surface area contributed by atoms with Gasteiger partial charge in [-0.05, 0) is 43.7 Å².